The van der Waals surface area contributed by atoms with E-state index in [1.807, 2.05) is 6.92 Å². The summed E-state index contributed by atoms with van der Waals surface area (Å²) in [6.45, 7) is 3.23. The Morgan fingerprint density at radius 1 is 1.71 bits per heavy atom. The van der Waals surface area contributed by atoms with Crippen LogP contribution in [0.25, 0.3) is 0 Å². The molecule has 1 saturated heterocycles. The maximum absolute atomic E-state index is 11.9. The van der Waals surface area contributed by atoms with Gasteiger partial charge in [-0.05, 0) is 19.3 Å². The first-order valence-electron chi connectivity index (χ1n) is 5.36. The summed E-state index contributed by atoms with van der Waals surface area (Å²) in [5, 5.41) is 9.09. The van der Waals surface area contributed by atoms with Gasteiger partial charge in [0.25, 0.3) is 0 Å². The molecule has 2 atom stereocenters. The fourth-order valence-corrected chi connectivity index (χ4v) is 1.99. The first-order valence-corrected chi connectivity index (χ1v) is 5.36. The molecular formula is C10H20N2O2. The number of carbonyl (C=O) groups excluding carboxylic acids is 1. The van der Waals surface area contributed by atoms with Crippen molar-refractivity contribution in [2.75, 3.05) is 19.7 Å². The van der Waals surface area contributed by atoms with Gasteiger partial charge in [-0.3, -0.25) is 4.79 Å². The minimum absolute atomic E-state index is 0.0306. The molecule has 0 spiro atoms. The molecule has 1 aliphatic rings. The van der Waals surface area contributed by atoms with Crippen LogP contribution in [0.3, 0.4) is 0 Å². The normalized spacial score (nSPS) is 23.9. The lowest BCUT2D eigenvalue weighted by molar-refractivity contribution is -0.136. The van der Waals surface area contributed by atoms with Gasteiger partial charge in [-0.2, -0.15) is 0 Å². The number of nitrogens with two attached hydrogens (primary N) is 1. The summed E-state index contributed by atoms with van der Waals surface area (Å²) in [6.07, 6.45) is 2.70. The van der Waals surface area contributed by atoms with Crippen LogP contribution in [0.4, 0.5) is 0 Å². The first-order chi connectivity index (χ1) is 6.74. The summed E-state index contributed by atoms with van der Waals surface area (Å²) >= 11 is 0. The van der Waals surface area contributed by atoms with Crippen LogP contribution in [0, 0.1) is 5.92 Å². The highest BCUT2D eigenvalue weighted by atomic mass is 16.3. The lowest BCUT2D eigenvalue weighted by atomic mass is 10.0. The van der Waals surface area contributed by atoms with Gasteiger partial charge in [0, 0.05) is 13.1 Å². The number of hydrogen-bond donors (Lipinski definition) is 2. The molecule has 14 heavy (non-hydrogen) atoms. The first kappa shape index (κ1) is 11.5. The monoisotopic (exact) mass is 200 g/mol. The topological polar surface area (TPSA) is 66.6 Å². The van der Waals surface area contributed by atoms with E-state index in [1.54, 1.807) is 4.90 Å². The van der Waals surface area contributed by atoms with Crippen molar-refractivity contribution in [2.45, 2.75) is 32.2 Å². The van der Waals surface area contributed by atoms with Crippen LogP contribution in [0.5, 0.6) is 0 Å². The summed E-state index contributed by atoms with van der Waals surface area (Å²) in [5.41, 5.74) is 5.53. The number of likely N-dealkylation sites (tertiary alicyclic amines) is 1. The van der Waals surface area contributed by atoms with Gasteiger partial charge in [-0.25, -0.2) is 0 Å². The summed E-state index contributed by atoms with van der Waals surface area (Å²) in [5.74, 6) is 0.0497. The molecule has 4 heteroatoms. The molecule has 1 unspecified atom stereocenters. The Morgan fingerprint density at radius 3 is 2.93 bits per heavy atom. The second-order valence-corrected chi connectivity index (χ2v) is 3.85. The molecule has 3 N–H and O–H groups in total. The molecule has 1 fully saturated rings. The quantitative estimate of drug-likeness (QED) is 0.669. The molecular weight excluding hydrogens is 180 g/mol. The molecule has 1 aliphatic heterocycles. The second kappa shape index (κ2) is 5.32. The minimum Gasteiger partial charge on any atom is -0.394 e. The highest BCUT2D eigenvalue weighted by molar-refractivity contribution is 5.79. The Labute approximate surface area is 85.1 Å². The lowest BCUT2D eigenvalue weighted by Crippen LogP contribution is -2.43. The Morgan fingerprint density at radius 2 is 2.43 bits per heavy atom. The zero-order valence-electron chi connectivity index (χ0n) is 8.78. The fraction of sp³-hybridized carbons (Fsp3) is 0.900. The van der Waals surface area contributed by atoms with Gasteiger partial charge in [0.05, 0.1) is 18.6 Å². The summed E-state index contributed by atoms with van der Waals surface area (Å²) in [4.78, 5) is 13.7. The van der Waals surface area contributed by atoms with E-state index in [-0.39, 0.29) is 24.5 Å². The smallest absolute Gasteiger partial charge is 0.227 e. The van der Waals surface area contributed by atoms with Crippen molar-refractivity contribution in [2.24, 2.45) is 11.7 Å². The van der Waals surface area contributed by atoms with Crippen molar-refractivity contribution in [1.82, 2.24) is 4.90 Å². The third kappa shape index (κ3) is 2.25. The van der Waals surface area contributed by atoms with Crippen LogP contribution < -0.4 is 5.73 Å². The van der Waals surface area contributed by atoms with E-state index in [0.717, 1.165) is 25.8 Å². The molecule has 1 rings (SSSR count). The Bertz CT molecular complexity index is 193. The SMILES string of the molecule is CCC(CN)C(=O)N1CCC[C@H]1CO. The summed E-state index contributed by atoms with van der Waals surface area (Å²) in [6, 6.07) is 0.0306. The molecule has 4 nitrogen and oxygen atoms in total. The maximum Gasteiger partial charge on any atom is 0.227 e. The number of nitrogens with zero attached hydrogens (tertiary/aromatic N) is 1. The van der Waals surface area contributed by atoms with E-state index in [2.05, 4.69) is 0 Å². The molecule has 0 radical (unpaired) electrons. The molecule has 0 bridgehead atoms. The zero-order chi connectivity index (χ0) is 10.6. The third-order valence-corrected chi connectivity index (χ3v) is 3.00. The predicted molar refractivity (Wildman–Crippen MR) is 54.7 cm³/mol. The third-order valence-electron chi connectivity index (χ3n) is 3.00. The van der Waals surface area contributed by atoms with E-state index in [9.17, 15) is 4.79 Å². The number of aliphatic hydroxyl groups excluding tert-OH is 1. The van der Waals surface area contributed by atoms with E-state index in [0.29, 0.717) is 6.54 Å². The fourth-order valence-electron chi connectivity index (χ4n) is 1.99. The van der Waals surface area contributed by atoms with Crippen LogP contribution in [-0.4, -0.2) is 41.7 Å². The van der Waals surface area contributed by atoms with Gasteiger partial charge < -0.3 is 15.7 Å². The average molecular weight is 200 g/mol. The Hall–Kier alpha value is -0.610. The lowest BCUT2D eigenvalue weighted by Gasteiger charge is -2.26. The molecule has 0 aliphatic carbocycles. The average Bonchev–Trinajstić information content (AvgIpc) is 2.67. The maximum atomic E-state index is 11.9. The standard InChI is InChI=1S/C10H20N2O2/c1-2-8(6-11)10(14)12-5-3-4-9(12)7-13/h8-9,13H,2-7,11H2,1H3/t8?,9-/m0/s1. The van der Waals surface area contributed by atoms with Crippen LogP contribution in [0.15, 0.2) is 0 Å². The Kier molecular flexibility index (Phi) is 4.35. The van der Waals surface area contributed by atoms with Gasteiger partial charge in [-0.1, -0.05) is 6.92 Å². The molecule has 1 heterocycles. The predicted octanol–water partition coefficient (Wildman–Crippen LogP) is -0.0454. The summed E-state index contributed by atoms with van der Waals surface area (Å²) in [7, 11) is 0. The van der Waals surface area contributed by atoms with Gasteiger partial charge in [0.2, 0.25) is 5.91 Å². The van der Waals surface area contributed by atoms with Crippen LogP contribution in [-0.2, 0) is 4.79 Å². The van der Waals surface area contributed by atoms with Gasteiger partial charge in [0.1, 0.15) is 0 Å². The largest absolute Gasteiger partial charge is 0.394 e. The van der Waals surface area contributed by atoms with Crippen LogP contribution >= 0.6 is 0 Å². The van der Waals surface area contributed by atoms with Gasteiger partial charge in [-0.15, -0.1) is 0 Å². The molecule has 1 amide bonds. The van der Waals surface area contributed by atoms with Gasteiger partial charge >= 0.3 is 0 Å². The number of amides is 1. The Balaban J connectivity index is 2.58. The van der Waals surface area contributed by atoms with Crippen molar-refractivity contribution >= 4 is 5.91 Å². The number of aliphatic hydroxyl groups is 1. The second-order valence-electron chi connectivity index (χ2n) is 3.85. The van der Waals surface area contributed by atoms with E-state index in [1.165, 1.54) is 0 Å². The van der Waals surface area contributed by atoms with Crippen molar-refractivity contribution in [3.63, 3.8) is 0 Å². The van der Waals surface area contributed by atoms with Crippen molar-refractivity contribution in [3.05, 3.63) is 0 Å². The van der Waals surface area contributed by atoms with Crippen molar-refractivity contribution in [1.29, 1.82) is 0 Å². The minimum atomic E-state index is -0.0675. The van der Waals surface area contributed by atoms with E-state index in [4.69, 9.17) is 10.8 Å². The molecule has 0 aromatic rings. The molecule has 0 saturated carbocycles. The van der Waals surface area contributed by atoms with Crippen molar-refractivity contribution in [3.8, 4) is 0 Å². The number of hydrogen-bond acceptors (Lipinski definition) is 3. The summed E-state index contributed by atoms with van der Waals surface area (Å²) < 4.78 is 0. The number of carbonyl (C=O) groups is 1. The molecule has 82 valence electrons. The van der Waals surface area contributed by atoms with Crippen LogP contribution in [0.2, 0.25) is 0 Å². The van der Waals surface area contributed by atoms with E-state index >= 15 is 0 Å². The number of rotatable bonds is 4. The molecule has 0 aromatic carbocycles. The molecule has 0 aromatic heterocycles. The highest BCUT2D eigenvalue weighted by Crippen LogP contribution is 2.20. The van der Waals surface area contributed by atoms with Gasteiger partial charge in [0.15, 0.2) is 0 Å². The van der Waals surface area contributed by atoms with E-state index < -0.39 is 0 Å². The van der Waals surface area contributed by atoms with Crippen molar-refractivity contribution < 1.29 is 9.90 Å². The zero-order valence-corrected chi connectivity index (χ0v) is 8.78. The highest BCUT2D eigenvalue weighted by Gasteiger charge is 2.31. The van der Waals surface area contributed by atoms with Crippen LogP contribution in [0.1, 0.15) is 26.2 Å².